The molecule has 2 aromatic rings. The number of hydrogen-bond donors (Lipinski definition) is 0. The van der Waals surface area contributed by atoms with Crippen LogP contribution < -0.4 is 0 Å². The van der Waals surface area contributed by atoms with Crippen molar-refractivity contribution in [3.8, 4) is 0 Å². The molecule has 0 N–H and O–H groups in total. The highest BCUT2D eigenvalue weighted by atomic mass is 35.5. The number of hydrogen-bond acceptors (Lipinski definition) is 4. The molecule has 2 fully saturated rings. The van der Waals surface area contributed by atoms with Gasteiger partial charge < -0.3 is 14.5 Å². The van der Waals surface area contributed by atoms with Crippen LogP contribution in [0.1, 0.15) is 28.9 Å². The maximum Gasteiger partial charge on any atom is 0.254 e. The molecule has 3 heterocycles. The summed E-state index contributed by atoms with van der Waals surface area (Å²) in [7, 11) is 2.13. The molecule has 1 spiro atoms. The molecule has 0 radical (unpaired) electrons. The Hall–Kier alpha value is -1.69. The highest BCUT2D eigenvalue weighted by Crippen LogP contribution is 2.32. The lowest BCUT2D eigenvalue weighted by Gasteiger charge is -2.46. The van der Waals surface area contributed by atoms with E-state index in [4.69, 9.17) is 16.3 Å². The van der Waals surface area contributed by atoms with E-state index in [-0.39, 0.29) is 11.5 Å². The first-order valence-electron chi connectivity index (χ1n) is 9.15. The second-order valence-corrected chi connectivity index (χ2v) is 7.92. The van der Waals surface area contributed by atoms with E-state index in [9.17, 15) is 4.79 Å². The molecule has 1 aromatic carbocycles. The van der Waals surface area contributed by atoms with Crippen LogP contribution in [0.3, 0.4) is 0 Å². The average Bonchev–Trinajstić information content (AvgIpc) is 2.64. The van der Waals surface area contributed by atoms with Gasteiger partial charge >= 0.3 is 0 Å². The molecule has 6 heteroatoms. The van der Waals surface area contributed by atoms with Crippen LogP contribution in [0.25, 0.3) is 10.9 Å². The molecular formula is C20H24ClN3O2. The molecule has 1 aromatic heterocycles. The quantitative estimate of drug-likeness (QED) is 0.770. The van der Waals surface area contributed by atoms with Crippen molar-refractivity contribution >= 4 is 28.4 Å². The number of pyridine rings is 1. The Kier molecular flexibility index (Phi) is 4.63. The number of piperidine rings is 1. The number of aryl methyl sites for hydroxylation is 1. The molecule has 26 heavy (non-hydrogen) atoms. The number of nitrogens with zero attached hydrogens (tertiary/aromatic N) is 3. The van der Waals surface area contributed by atoms with Crippen molar-refractivity contribution in [2.75, 3.05) is 39.8 Å². The third-order valence-electron chi connectivity index (χ3n) is 5.58. The van der Waals surface area contributed by atoms with Gasteiger partial charge in [-0.05, 0) is 38.9 Å². The first kappa shape index (κ1) is 17.7. The third-order valence-corrected chi connectivity index (χ3v) is 5.89. The van der Waals surface area contributed by atoms with Gasteiger partial charge in [0.1, 0.15) is 0 Å². The summed E-state index contributed by atoms with van der Waals surface area (Å²) in [6.45, 7) is 5.79. The number of aromatic nitrogens is 1. The predicted octanol–water partition coefficient (Wildman–Crippen LogP) is 3.13. The molecule has 138 valence electrons. The van der Waals surface area contributed by atoms with Crippen molar-refractivity contribution in [3.63, 3.8) is 0 Å². The number of carbonyl (C=O) groups is 1. The molecule has 0 aliphatic carbocycles. The molecule has 4 rings (SSSR count). The minimum Gasteiger partial charge on any atom is -0.371 e. The van der Waals surface area contributed by atoms with E-state index < -0.39 is 0 Å². The Morgan fingerprint density at radius 1 is 1.27 bits per heavy atom. The van der Waals surface area contributed by atoms with Gasteiger partial charge in [0, 0.05) is 30.7 Å². The van der Waals surface area contributed by atoms with Gasteiger partial charge in [-0.25, -0.2) is 0 Å². The van der Waals surface area contributed by atoms with Crippen LogP contribution in [0.2, 0.25) is 5.02 Å². The molecule has 2 aliphatic rings. The van der Waals surface area contributed by atoms with Gasteiger partial charge in [0.15, 0.2) is 0 Å². The average molecular weight is 374 g/mol. The molecule has 0 saturated carbocycles. The van der Waals surface area contributed by atoms with Gasteiger partial charge in [-0.2, -0.15) is 0 Å². The summed E-state index contributed by atoms with van der Waals surface area (Å²) < 4.78 is 6.15. The molecule has 0 atom stereocenters. The Morgan fingerprint density at radius 2 is 2.04 bits per heavy atom. The monoisotopic (exact) mass is 373 g/mol. The van der Waals surface area contributed by atoms with Crippen molar-refractivity contribution < 1.29 is 9.53 Å². The van der Waals surface area contributed by atoms with E-state index >= 15 is 0 Å². The van der Waals surface area contributed by atoms with Gasteiger partial charge in [-0.1, -0.05) is 23.7 Å². The number of para-hydroxylation sites is 1. The van der Waals surface area contributed by atoms with Crippen LogP contribution in [0, 0.1) is 6.92 Å². The van der Waals surface area contributed by atoms with Crippen LogP contribution in [0.5, 0.6) is 0 Å². The second kappa shape index (κ2) is 6.80. The molecular weight excluding hydrogens is 350 g/mol. The lowest BCUT2D eigenvalue weighted by atomic mass is 9.89. The van der Waals surface area contributed by atoms with Crippen molar-refractivity contribution in [2.45, 2.75) is 25.4 Å². The van der Waals surface area contributed by atoms with Gasteiger partial charge in [0.05, 0.1) is 34.9 Å². The maximum atomic E-state index is 13.4. The van der Waals surface area contributed by atoms with Gasteiger partial charge in [-0.15, -0.1) is 0 Å². The van der Waals surface area contributed by atoms with Crippen molar-refractivity contribution in [1.82, 2.24) is 14.8 Å². The second-order valence-electron chi connectivity index (χ2n) is 7.51. The highest BCUT2D eigenvalue weighted by molar-refractivity contribution is 6.35. The largest absolute Gasteiger partial charge is 0.371 e. The fourth-order valence-corrected chi connectivity index (χ4v) is 4.25. The topological polar surface area (TPSA) is 45.7 Å². The number of rotatable bonds is 1. The van der Waals surface area contributed by atoms with E-state index in [0.717, 1.165) is 37.0 Å². The molecule has 2 saturated heterocycles. The first-order chi connectivity index (χ1) is 12.5. The van der Waals surface area contributed by atoms with Gasteiger partial charge in [-0.3, -0.25) is 9.78 Å². The Labute approximate surface area is 158 Å². The minimum atomic E-state index is -0.198. The summed E-state index contributed by atoms with van der Waals surface area (Å²) in [5.41, 5.74) is 1.98. The smallest absolute Gasteiger partial charge is 0.254 e. The zero-order chi connectivity index (χ0) is 18.3. The van der Waals surface area contributed by atoms with Crippen LogP contribution in [0.4, 0.5) is 0 Å². The number of amides is 1. The molecule has 2 aliphatic heterocycles. The van der Waals surface area contributed by atoms with E-state index in [1.165, 1.54) is 0 Å². The molecule has 5 nitrogen and oxygen atoms in total. The third kappa shape index (κ3) is 3.20. The number of halogens is 1. The highest BCUT2D eigenvalue weighted by Gasteiger charge is 2.40. The number of fused-ring (bicyclic) bond motifs is 1. The van der Waals surface area contributed by atoms with Crippen LogP contribution in [-0.4, -0.2) is 66.1 Å². The van der Waals surface area contributed by atoms with Crippen molar-refractivity contribution in [2.24, 2.45) is 0 Å². The zero-order valence-electron chi connectivity index (χ0n) is 15.3. The molecule has 1 amide bonds. The predicted molar refractivity (Wildman–Crippen MR) is 103 cm³/mol. The van der Waals surface area contributed by atoms with E-state index in [1.54, 1.807) is 0 Å². The Morgan fingerprint density at radius 3 is 2.81 bits per heavy atom. The van der Waals surface area contributed by atoms with Crippen LogP contribution >= 0.6 is 11.6 Å². The number of ether oxygens (including phenoxy) is 1. The number of morpholine rings is 1. The van der Waals surface area contributed by atoms with Crippen molar-refractivity contribution in [3.05, 3.63) is 40.5 Å². The van der Waals surface area contributed by atoms with E-state index in [2.05, 4.69) is 16.9 Å². The maximum absolute atomic E-state index is 13.4. The fourth-order valence-electron chi connectivity index (χ4n) is 4.04. The summed E-state index contributed by atoms with van der Waals surface area (Å²) in [5.74, 6) is 0.0457. The fraction of sp³-hybridized carbons (Fsp3) is 0.500. The molecule has 0 bridgehead atoms. The number of carbonyl (C=O) groups excluding carboxylic acids is 1. The summed E-state index contributed by atoms with van der Waals surface area (Å²) >= 11 is 6.31. The Bertz CT molecular complexity index is 846. The van der Waals surface area contributed by atoms with Gasteiger partial charge in [0.25, 0.3) is 5.91 Å². The SMILES string of the molecule is Cc1cc(C(=O)N2CCOC3(CCN(C)CC3)C2)c2cccc(Cl)c2n1. The van der Waals surface area contributed by atoms with Crippen molar-refractivity contribution in [1.29, 1.82) is 0 Å². The lowest BCUT2D eigenvalue weighted by molar-refractivity contribution is -0.125. The zero-order valence-corrected chi connectivity index (χ0v) is 16.1. The first-order valence-corrected chi connectivity index (χ1v) is 9.53. The normalized spacial score (nSPS) is 20.7. The van der Waals surface area contributed by atoms with Crippen LogP contribution in [-0.2, 0) is 4.74 Å². The lowest BCUT2D eigenvalue weighted by Crippen LogP contribution is -2.57. The van der Waals surface area contributed by atoms with Gasteiger partial charge in [0.2, 0.25) is 0 Å². The number of likely N-dealkylation sites (tertiary alicyclic amines) is 1. The summed E-state index contributed by atoms with van der Waals surface area (Å²) in [6, 6.07) is 7.48. The van der Waals surface area contributed by atoms with E-state index in [1.807, 2.05) is 36.1 Å². The molecule has 0 unspecified atom stereocenters. The van der Waals surface area contributed by atoms with E-state index in [0.29, 0.717) is 35.8 Å². The standard InChI is InChI=1S/C20H24ClN3O2/c1-14-12-16(15-4-3-5-17(21)18(15)22-14)19(25)24-10-11-26-20(13-24)6-8-23(2)9-7-20/h3-5,12H,6-11,13H2,1-2H3. The summed E-state index contributed by atoms with van der Waals surface area (Å²) in [5, 5.41) is 1.39. The summed E-state index contributed by atoms with van der Waals surface area (Å²) in [6.07, 6.45) is 1.93. The minimum absolute atomic E-state index is 0.0457. The summed E-state index contributed by atoms with van der Waals surface area (Å²) in [4.78, 5) is 22.1. The van der Waals surface area contributed by atoms with Crippen LogP contribution in [0.15, 0.2) is 24.3 Å². The number of benzene rings is 1. The Balaban J connectivity index is 1.66.